The van der Waals surface area contributed by atoms with Crippen molar-refractivity contribution in [3.63, 3.8) is 0 Å². The molecule has 2 aromatic rings. The molecule has 0 bridgehead atoms. The summed E-state index contributed by atoms with van der Waals surface area (Å²) in [5.74, 6) is 1.05. The maximum absolute atomic E-state index is 4.50. The Kier molecular flexibility index (Phi) is 3.81. The van der Waals surface area contributed by atoms with E-state index in [-0.39, 0.29) is 6.04 Å². The fraction of sp³-hybridized carbons (Fsp3) is 0.538. The van der Waals surface area contributed by atoms with Crippen LogP contribution in [-0.4, -0.2) is 26.4 Å². The minimum Gasteiger partial charge on any atom is -0.333 e. The van der Waals surface area contributed by atoms with Gasteiger partial charge >= 0.3 is 0 Å². The largest absolute Gasteiger partial charge is 0.333 e. The smallest absolute Gasteiger partial charge is 0.130 e. The highest BCUT2D eigenvalue weighted by molar-refractivity contribution is 5.26. The number of aromatic nitrogens is 4. The molecule has 0 aliphatic rings. The molecule has 0 amide bonds. The van der Waals surface area contributed by atoms with E-state index in [0.717, 1.165) is 18.8 Å². The highest BCUT2D eigenvalue weighted by atomic mass is 15.3. The summed E-state index contributed by atoms with van der Waals surface area (Å²) < 4.78 is 4.10. The minimum atomic E-state index is 0.0975. The first-order valence-electron chi connectivity index (χ1n) is 6.35. The summed E-state index contributed by atoms with van der Waals surface area (Å²) in [6.07, 6.45) is 6.92. The standard InChI is InChI=1S/C13H21N5/c1-5-7-18-8-6-15-13(18)12(14-3)11-9-16-17(4)10(11)2/h6,8-9,12,14H,5,7H2,1-4H3. The minimum absolute atomic E-state index is 0.0975. The number of hydrogen-bond donors (Lipinski definition) is 1. The van der Waals surface area contributed by atoms with E-state index in [0.29, 0.717) is 0 Å². The molecule has 0 aromatic carbocycles. The zero-order valence-electron chi connectivity index (χ0n) is 11.5. The lowest BCUT2D eigenvalue weighted by molar-refractivity contribution is 0.565. The van der Waals surface area contributed by atoms with Crippen LogP contribution in [0.4, 0.5) is 0 Å². The molecule has 0 aliphatic heterocycles. The van der Waals surface area contributed by atoms with Crippen LogP contribution in [0.2, 0.25) is 0 Å². The van der Waals surface area contributed by atoms with Crippen molar-refractivity contribution in [2.45, 2.75) is 32.9 Å². The van der Waals surface area contributed by atoms with Gasteiger partial charge in [-0.15, -0.1) is 0 Å². The first-order chi connectivity index (χ1) is 8.69. The Bertz CT molecular complexity index is 511. The molecule has 0 saturated heterocycles. The van der Waals surface area contributed by atoms with Crippen molar-refractivity contribution < 1.29 is 0 Å². The third kappa shape index (κ3) is 2.18. The van der Waals surface area contributed by atoms with E-state index in [1.54, 1.807) is 0 Å². The zero-order valence-corrected chi connectivity index (χ0v) is 11.5. The Hall–Kier alpha value is -1.62. The molecular formula is C13H21N5. The number of rotatable bonds is 5. The van der Waals surface area contributed by atoms with E-state index in [1.165, 1.54) is 11.3 Å². The van der Waals surface area contributed by atoms with E-state index >= 15 is 0 Å². The lowest BCUT2D eigenvalue weighted by Gasteiger charge is -2.17. The molecule has 0 aliphatic carbocycles. The van der Waals surface area contributed by atoms with Gasteiger partial charge in [-0.2, -0.15) is 5.10 Å². The summed E-state index contributed by atoms with van der Waals surface area (Å²) in [5, 5.41) is 7.65. The molecule has 1 atom stereocenters. The summed E-state index contributed by atoms with van der Waals surface area (Å²) in [6.45, 7) is 5.25. The quantitative estimate of drug-likeness (QED) is 0.874. The van der Waals surface area contributed by atoms with Crippen LogP contribution in [-0.2, 0) is 13.6 Å². The van der Waals surface area contributed by atoms with Gasteiger partial charge in [-0.1, -0.05) is 6.92 Å². The van der Waals surface area contributed by atoms with Crippen molar-refractivity contribution in [2.24, 2.45) is 7.05 Å². The van der Waals surface area contributed by atoms with Crippen LogP contribution in [0.5, 0.6) is 0 Å². The van der Waals surface area contributed by atoms with Crippen LogP contribution in [0.15, 0.2) is 18.6 Å². The maximum atomic E-state index is 4.50. The Balaban J connectivity index is 2.39. The summed E-state index contributed by atoms with van der Waals surface area (Å²) in [5.41, 5.74) is 2.35. The molecule has 0 radical (unpaired) electrons. The summed E-state index contributed by atoms with van der Waals surface area (Å²) >= 11 is 0. The SMILES string of the molecule is CCCn1ccnc1C(NC)c1cnn(C)c1C. The molecule has 1 N–H and O–H groups in total. The van der Waals surface area contributed by atoms with Crippen molar-refractivity contribution in [3.05, 3.63) is 35.7 Å². The predicted molar refractivity (Wildman–Crippen MR) is 71.4 cm³/mol. The molecule has 2 rings (SSSR count). The second-order valence-electron chi connectivity index (χ2n) is 4.51. The highest BCUT2D eigenvalue weighted by Gasteiger charge is 2.21. The van der Waals surface area contributed by atoms with E-state index in [9.17, 15) is 0 Å². The van der Waals surface area contributed by atoms with Gasteiger partial charge < -0.3 is 9.88 Å². The average molecular weight is 247 g/mol. The first-order valence-corrected chi connectivity index (χ1v) is 6.35. The first kappa shape index (κ1) is 12.8. The van der Waals surface area contributed by atoms with Gasteiger partial charge in [-0.05, 0) is 20.4 Å². The van der Waals surface area contributed by atoms with Gasteiger partial charge in [0.2, 0.25) is 0 Å². The average Bonchev–Trinajstić information content (AvgIpc) is 2.93. The normalized spacial score (nSPS) is 12.9. The molecule has 2 heterocycles. The van der Waals surface area contributed by atoms with Crippen molar-refractivity contribution in [2.75, 3.05) is 7.05 Å². The zero-order chi connectivity index (χ0) is 13.1. The number of nitrogens with one attached hydrogen (secondary N) is 1. The Morgan fingerprint density at radius 3 is 2.78 bits per heavy atom. The molecule has 18 heavy (non-hydrogen) atoms. The van der Waals surface area contributed by atoms with Crippen LogP contribution in [0.1, 0.15) is 36.5 Å². The third-order valence-electron chi connectivity index (χ3n) is 3.34. The van der Waals surface area contributed by atoms with Gasteiger partial charge in [0.25, 0.3) is 0 Å². The Morgan fingerprint density at radius 1 is 1.44 bits per heavy atom. The van der Waals surface area contributed by atoms with E-state index in [4.69, 9.17) is 0 Å². The second-order valence-corrected chi connectivity index (χ2v) is 4.51. The fourth-order valence-electron chi connectivity index (χ4n) is 2.23. The molecule has 5 heteroatoms. The molecular weight excluding hydrogens is 226 g/mol. The molecule has 0 fully saturated rings. The van der Waals surface area contributed by atoms with Crippen LogP contribution in [0.25, 0.3) is 0 Å². The Labute approximate surface area is 108 Å². The topological polar surface area (TPSA) is 47.7 Å². The lowest BCUT2D eigenvalue weighted by atomic mass is 10.1. The molecule has 98 valence electrons. The highest BCUT2D eigenvalue weighted by Crippen LogP contribution is 2.23. The number of aryl methyl sites for hydroxylation is 2. The van der Waals surface area contributed by atoms with Crippen molar-refractivity contribution >= 4 is 0 Å². The monoisotopic (exact) mass is 247 g/mol. The van der Waals surface area contributed by atoms with Gasteiger partial charge in [-0.25, -0.2) is 4.98 Å². The summed E-state index contributed by atoms with van der Waals surface area (Å²) in [7, 11) is 3.92. The van der Waals surface area contributed by atoms with Crippen molar-refractivity contribution in [1.29, 1.82) is 0 Å². The van der Waals surface area contributed by atoms with Crippen molar-refractivity contribution in [3.8, 4) is 0 Å². The van der Waals surface area contributed by atoms with Gasteiger partial charge in [0.1, 0.15) is 5.82 Å². The van der Waals surface area contributed by atoms with Gasteiger partial charge in [-0.3, -0.25) is 4.68 Å². The Morgan fingerprint density at radius 2 is 2.22 bits per heavy atom. The van der Waals surface area contributed by atoms with Crippen LogP contribution >= 0.6 is 0 Å². The molecule has 5 nitrogen and oxygen atoms in total. The lowest BCUT2D eigenvalue weighted by Crippen LogP contribution is -2.22. The predicted octanol–water partition coefficient (Wildman–Crippen LogP) is 1.64. The van der Waals surface area contributed by atoms with E-state index < -0.39 is 0 Å². The number of hydrogen-bond acceptors (Lipinski definition) is 3. The number of imidazole rings is 1. The van der Waals surface area contributed by atoms with Gasteiger partial charge in [0.15, 0.2) is 0 Å². The maximum Gasteiger partial charge on any atom is 0.130 e. The molecule has 2 aromatic heterocycles. The fourth-order valence-corrected chi connectivity index (χ4v) is 2.23. The van der Waals surface area contributed by atoms with Crippen LogP contribution in [0.3, 0.4) is 0 Å². The van der Waals surface area contributed by atoms with Crippen LogP contribution < -0.4 is 5.32 Å². The van der Waals surface area contributed by atoms with E-state index in [2.05, 4.69) is 33.8 Å². The van der Waals surface area contributed by atoms with Crippen LogP contribution in [0, 0.1) is 6.92 Å². The number of nitrogens with zero attached hydrogens (tertiary/aromatic N) is 4. The third-order valence-corrected chi connectivity index (χ3v) is 3.34. The summed E-state index contributed by atoms with van der Waals surface area (Å²) in [6, 6.07) is 0.0975. The summed E-state index contributed by atoms with van der Waals surface area (Å²) in [4.78, 5) is 4.50. The van der Waals surface area contributed by atoms with Crippen molar-refractivity contribution in [1.82, 2.24) is 24.6 Å². The molecule has 0 spiro atoms. The molecule has 0 saturated carbocycles. The van der Waals surface area contributed by atoms with E-state index in [1.807, 2.05) is 37.4 Å². The van der Waals surface area contributed by atoms with Gasteiger partial charge in [0.05, 0.1) is 12.2 Å². The van der Waals surface area contributed by atoms with Gasteiger partial charge in [0, 0.05) is 37.2 Å². The molecule has 1 unspecified atom stereocenters. The second kappa shape index (κ2) is 5.35.